The predicted molar refractivity (Wildman–Crippen MR) is 119 cm³/mol. The maximum absolute atomic E-state index is 13.0. The average Bonchev–Trinajstić information content (AvgIpc) is 2.71. The number of hydrogen-bond donors (Lipinski definition) is 0. The Morgan fingerprint density at radius 2 is 1.45 bits per heavy atom. The van der Waals surface area contributed by atoms with Gasteiger partial charge in [0.1, 0.15) is 5.75 Å². The van der Waals surface area contributed by atoms with Crippen molar-refractivity contribution in [3.8, 4) is 11.5 Å². The third-order valence-corrected chi connectivity index (χ3v) is 7.26. The molecule has 0 bridgehead atoms. The van der Waals surface area contributed by atoms with Crippen molar-refractivity contribution >= 4 is 44.6 Å². The lowest BCUT2D eigenvalue weighted by Gasteiger charge is -2.15. The number of hydrogen-bond acceptors (Lipinski definition) is 4. The molecule has 8 heteroatoms. The van der Waals surface area contributed by atoms with Gasteiger partial charge in [-0.3, -0.25) is 0 Å². The van der Waals surface area contributed by atoms with E-state index in [2.05, 4.69) is 13.8 Å². The summed E-state index contributed by atoms with van der Waals surface area (Å²) in [6.45, 7) is 7.01. The van der Waals surface area contributed by atoms with Crippen LogP contribution in [0.4, 0.5) is 0 Å². The van der Waals surface area contributed by atoms with Gasteiger partial charge in [-0.05, 0) is 42.3 Å². The predicted octanol–water partition coefficient (Wildman–Crippen LogP) is 6.50. The number of benzene rings is 2. The third-order valence-electron chi connectivity index (χ3n) is 4.42. The van der Waals surface area contributed by atoms with Gasteiger partial charge in [0.15, 0.2) is 5.75 Å². The SMILES string of the molecule is CC[C@H](C)COc1ccc(S(=O)(=O)c2cc(Cl)c(OC[C@@H](C)CCl)c(Cl)c2)cc1. The first kappa shape index (κ1) is 24.1. The van der Waals surface area contributed by atoms with Crippen LogP contribution in [-0.2, 0) is 9.84 Å². The van der Waals surface area contributed by atoms with E-state index in [1.165, 1.54) is 24.3 Å². The van der Waals surface area contributed by atoms with E-state index in [1.807, 2.05) is 6.92 Å². The van der Waals surface area contributed by atoms with Gasteiger partial charge in [-0.25, -0.2) is 8.42 Å². The molecule has 0 aliphatic carbocycles. The van der Waals surface area contributed by atoms with Gasteiger partial charge >= 0.3 is 0 Å². The van der Waals surface area contributed by atoms with Crippen LogP contribution in [0.3, 0.4) is 0 Å². The van der Waals surface area contributed by atoms with Crippen LogP contribution in [0.5, 0.6) is 11.5 Å². The highest BCUT2D eigenvalue weighted by molar-refractivity contribution is 7.91. The van der Waals surface area contributed by atoms with Crippen LogP contribution in [-0.4, -0.2) is 27.5 Å². The molecule has 160 valence electrons. The van der Waals surface area contributed by atoms with Crippen molar-refractivity contribution in [3.05, 3.63) is 46.4 Å². The van der Waals surface area contributed by atoms with Gasteiger partial charge in [-0.1, -0.05) is 50.4 Å². The normalized spacial score (nSPS) is 13.7. The lowest BCUT2D eigenvalue weighted by atomic mass is 10.1. The molecular weight excluding hydrogens is 455 g/mol. The topological polar surface area (TPSA) is 52.6 Å². The molecule has 2 rings (SSSR count). The zero-order valence-corrected chi connectivity index (χ0v) is 19.7. The maximum atomic E-state index is 13.0. The van der Waals surface area contributed by atoms with Gasteiger partial charge in [0.2, 0.25) is 9.84 Å². The standard InChI is InChI=1S/C21H25Cl3O4S/c1-4-14(2)12-27-16-5-7-17(8-6-16)29(25,26)18-9-19(23)21(20(24)10-18)28-13-15(3)11-22/h5-10,14-15H,4,11-13H2,1-3H3/t14-,15-/m0/s1. The number of ether oxygens (including phenoxy) is 2. The zero-order chi connectivity index (χ0) is 21.6. The Bertz CT molecular complexity index is 891. The largest absolute Gasteiger partial charge is 0.493 e. The van der Waals surface area contributed by atoms with Crippen LogP contribution in [0.25, 0.3) is 0 Å². The maximum Gasteiger partial charge on any atom is 0.206 e. The van der Waals surface area contributed by atoms with Crippen LogP contribution < -0.4 is 9.47 Å². The Balaban J connectivity index is 2.22. The van der Waals surface area contributed by atoms with Crippen molar-refractivity contribution in [2.75, 3.05) is 19.1 Å². The van der Waals surface area contributed by atoms with Gasteiger partial charge < -0.3 is 9.47 Å². The minimum absolute atomic E-state index is 0.00137. The molecule has 0 fully saturated rings. The Morgan fingerprint density at radius 1 is 0.897 bits per heavy atom. The van der Waals surface area contributed by atoms with E-state index in [0.29, 0.717) is 30.8 Å². The monoisotopic (exact) mass is 478 g/mol. The van der Waals surface area contributed by atoms with Gasteiger partial charge in [-0.15, -0.1) is 11.6 Å². The molecule has 0 aliphatic heterocycles. The van der Waals surface area contributed by atoms with Crippen LogP contribution in [0, 0.1) is 11.8 Å². The van der Waals surface area contributed by atoms with Crippen molar-refractivity contribution in [1.82, 2.24) is 0 Å². The summed E-state index contributed by atoms with van der Waals surface area (Å²) in [6.07, 6.45) is 1.01. The summed E-state index contributed by atoms with van der Waals surface area (Å²) in [7, 11) is -3.79. The first-order valence-corrected chi connectivity index (χ1v) is 12.1. The van der Waals surface area contributed by atoms with Crippen molar-refractivity contribution in [2.45, 2.75) is 37.0 Å². The number of halogens is 3. The Hall–Kier alpha value is -1.14. The summed E-state index contributed by atoms with van der Waals surface area (Å²) in [4.78, 5) is 0.128. The minimum atomic E-state index is -3.79. The molecule has 2 atom stereocenters. The van der Waals surface area contributed by atoms with E-state index >= 15 is 0 Å². The molecule has 29 heavy (non-hydrogen) atoms. The summed E-state index contributed by atoms with van der Waals surface area (Å²) in [5.74, 6) is 1.83. The van der Waals surface area contributed by atoms with E-state index in [9.17, 15) is 8.42 Å². The first-order valence-electron chi connectivity index (χ1n) is 9.34. The van der Waals surface area contributed by atoms with Crippen LogP contribution in [0.15, 0.2) is 46.2 Å². The highest BCUT2D eigenvalue weighted by atomic mass is 35.5. The lowest BCUT2D eigenvalue weighted by Crippen LogP contribution is -2.10. The quantitative estimate of drug-likeness (QED) is 0.365. The molecule has 2 aromatic rings. The first-order chi connectivity index (χ1) is 13.7. The Kier molecular flexibility index (Phi) is 8.95. The fourth-order valence-corrected chi connectivity index (χ4v) is 4.43. The minimum Gasteiger partial charge on any atom is -0.493 e. The molecular formula is C21H25Cl3O4S. The molecule has 0 spiro atoms. The van der Waals surface area contributed by atoms with E-state index < -0.39 is 9.84 Å². The molecule has 2 aromatic carbocycles. The highest BCUT2D eigenvalue weighted by Crippen LogP contribution is 2.37. The lowest BCUT2D eigenvalue weighted by molar-refractivity contribution is 0.256. The molecule has 0 aliphatic rings. The van der Waals surface area contributed by atoms with Crippen molar-refractivity contribution < 1.29 is 17.9 Å². The van der Waals surface area contributed by atoms with Crippen LogP contribution >= 0.6 is 34.8 Å². The number of alkyl halides is 1. The fourth-order valence-electron chi connectivity index (χ4n) is 2.31. The van der Waals surface area contributed by atoms with Crippen molar-refractivity contribution in [3.63, 3.8) is 0 Å². The van der Waals surface area contributed by atoms with Crippen LogP contribution in [0.2, 0.25) is 10.0 Å². The average molecular weight is 480 g/mol. The van der Waals surface area contributed by atoms with Gasteiger partial charge in [0.25, 0.3) is 0 Å². The summed E-state index contributed by atoms with van der Waals surface area (Å²) in [5.41, 5.74) is 0. The molecule has 0 N–H and O–H groups in total. The second-order valence-corrected chi connectivity index (χ2v) is 10.2. The molecule has 0 amide bonds. The summed E-state index contributed by atoms with van der Waals surface area (Å²) in [6, 6.07) is 8.99. The van der Waals surface area contributed by atoms with Crippen LogP contribution in [0.1, 0.15) is 27.2 Å². The molecule has 0 unspecified atom stereocenters. The summed E-state index contributed by atoms with van der Waals surface area (Å²) < 4.78 is 37.2. The van der Waals surface area contributed by atoms with Crippen molar-refractivity contribution in [1.29, 1.82) is 0 Å². The molecule has 4 nitrogen and oxygen atoms in total. The molecule has 0 heterocycles. The molecule has 0 saturated heterocycles. The molecule has 0 radical (unpaired) electrons. The van der Waals surface area contributed by atoms with Crippen molar-refractivity contribution in [2.24, 2.45) is 11.8 Å². The summed E-state index contributed by atoms with van der Waals surface area (Å²) in [5, 5.41) is 0.262. The van der Waals surface area contributed by atoms with E-state index in [-0.39, 0.29) is 31.5 Å². The molecule has 0 aromatic heterocycles. The zero-order valence-electron chi connectivity index (χ0n) is 16.6. The highest BCUT2D eigenvalue weighted by Gasteiger charge is 2.22. The second-order valence-electron chi connectivity index (χ2n) is 7.09. The van der Waals surface area contributed by atoms with Gasteiger partial charge in [0, 0.05) is 11.8 Å². The molecule has 0 saturated carbocycles. The van der Waals surface area contributed by atoms with Gasteiger partial charge in [0.05, 0.1) is 33.0 Å². The fraction of sp³-hybridized carbons (Fsp3) is 0.429. The third kappa shape index (κ3) is 6.42. The van der Waals surface area contributed by atoms with E-state index in [1.54, 1.807) is 12.1 Å². The Labute approximate surface area is 188 Å². The Morgan fingerprint density at radius 3 is 1.97 bits per heavy atom. The summed E-state index contributed by atoms with van der Waals surface area (Å²) >= 11 is 18.2. The van der Waals surface area contributed by atoms with Gasteiger partial charge in [-0.2, -0.15) is 0 Å². The smallest absolute Gasteiger partial charge is 0.206 e. The van der Waals surface area contributed by atoms with E-state index in [0.717, 1.165) is 6.42 Å². The van der Waals surface area contributed by atoms with E-state index in [4.69, 9.17) is 44.3 Å². The second kappa shape index (κ2) is 10.8. The number of sulfone groups is 1. The number of rotatable bonds is 10.